The van der Waals surface area contributed by atoms with Crippen molar-refractivity contribution in [3.8, 4) is 0 Å². The smallest absolute Gasteiger partial charge is 0.265 e. The topological polar surface area (TPSA) is 71.2 Å². The lowest BCUT2D eigenvalue weighted by Crippen LogP contribution is -2.33. The van der Waals surface area contributed by atoms with Crippen molar-refractivity contribution in [3.05, 3.63) is 4.88 Å². The fraction of sp³-hybridized carbons (Fsp3) is 0.667. The Bertz CT molecular complexity index is 441. The number of hydrogen-bond acceptors (Lipinski definition) is 5. The molecule has 18 heavy (non-hydrogen) atoms. The minimum Gasteiger partial charge on any atom is -0.382 e. The van der Waals surface area contributed by atoms with Crippen LogP contribution in [0.15, 0.2) is 0 Å². The molecule has 100 valence electrons. The van der Waals surface area contributed by atoms with Crippen LogP contribution in [0.4, 0.5) is 10.9 Å². The van der Waals surface area contributed by atoms with Crippen molar-refractivity contribution >= 4 is 28.2 Å². The molecule has 1 fully saturated rings. The van der Waals surface area contributed by atoms with Crippen molar-refractivity contribution in [2.24, 2.45) is 5.92 Å². The highest BCUT2D eigenvalue weighted by atomic mass is 32.1. The van der Waals surface area contributed by atoms with Gasteiger partial charge in [-0.05, 0) is 32.6 Å². The zero-order chi connectivity index (χ0) is 13.3. The molecule has 0 aromatic carbocycles. The van der Waals surface area contributed by atoms with Crippen LogP contribution in [0.1, 0.15) is 36.4 Å². The molecule has 1 saturated carbocycles. The first-order valence-electron chi connectivity index (χ1n) is 6.31. The highest BCUT2D eigenvalue weighted by Gasteiger charge is 2.30. The Labute approximate surface area is 111 Å². The average Bonchev–Trinajstić information content (AvgIpc) is 3.11. The van der Waals surface area contributed by atoms with Gasteiger partial charge in [0, 0.05) is 19.6 Å². The molecule has 6 heteroatoms. The zero-order valence-corrected chi connectivity index (χ0v) is 11.9. The van der Waals surface area contributed by atoms with Crippen LogP contribution in [0.25, 0.3) is 0 Å². The largest absolute Gasteiger partial charge is 0.382 e. The number of hydrogen-bond donors (Lipinski definition) is 2. The number of anilines is 2. The second-order valence-electron chi connectivity index (χ2n) is 4.82. The van der Waals surface area contributed by atoms with Gasteiger partial charge in [0.1, 0.15) is 10.7 Å². The number of nitrogens with one attached hydrogen (secondary N) is 1. The van der Waals surface area contributed by atoms with Crippen LogP contribution in [0.2, 0.25) is 0 Å². The van der Waals surface area contributed by atoms with Crippen molar-refractivity contribution in [2.75, 3.05) is 24.2 Å². The molecule has 1 amide bonds. The number of carbonyl (C=O) groups excluding carboxylic acids is 1. The summed E-state index contributed by atoms with van der Waals surface area (Å²) in [4.78, 5) is 18.8. The average molecular weight is 268 g/mol. The van der Waals surface area contributed by atoms with Crippen molar-refractivity contribution in [3.63, 3.8) is 0 Å². The van der Waals surface area contributed by atoms with Gasteiger partial charge in [-0.25, -0.2) is 4.98 Å². The molecule has 1 aliphatic rings. The maximum Gasteiger partial charge on any atom is 0.265 e. The summed E-state index contributed by atoms with van der Waals surface area (Å²) in [6.45, 7) is 4.92. The van der Waals surface area contributed by atoms with Crippen LogP contribution in [0, 0.1) is 5.92 Å². The Balaban J connectivity index is 2.07. The van der Waals surface area contributed by atoms with Crippen LogP contribution in [0.5, 0.6) is 0 Å². The molecule has 5 nitrogen and oxygen atoms in total. The van der Waals surface area contributed by atoms with Gasteiger partial charge in [0.05, 0.1) is 0 Å². The van der Waals surface area contributed by atoms with E-state index in [1.54, 1.807) is 0 Å². The molecule has 1 unspecified atom stereocenters. The van der Waals surface area contributed by atoms with E-state index in [1.165, 1.54) is 24.2 Å². The molecular formula is C12H20N4OS. The second-order valence-corrected chi connectivity index (χ2v) is 5.80. The van der Waals surface area contributed by atoms with E-state index in [0.29, 0.717) is 16.6 Å². The van der Waals surface area contributed by atoms with Gasteiger partial charge in [0.15, 0.2) is 5.13 Å². The van der Waals surface area contributed by atoms with E-state index in [0.717, 1.165) is 11.7 Å². The number of nitrogens with two attached hydrogens (primary N) is 1. The first-order chi connectivity index (χ1) is 8.52. The Morgan fingerprint density at radius 1 is 1.67 bits per heavy atom. The van der Waals surface area contributed by atoms with E-state index in [-0.39, 0.29) is 11.9 Å². The molecular weight excluding hydrogens is 248 g/mol. The highest BCUT2D eigenvalue weighted by Crippen LogP contribution is 2.33. The summed E-state index contributed by atoms with van der Waals surface area (Å²) in [5, 5.41) is 3.79. The lowest BCUT2D eigenvalue weighted by atomic mass is 10.2. The van der Waals surface area contributed by atoms with E-state index in [2.05, 4.69) is 10.3 Å². The minimum absolute atomic E-state index is 0.0971. The quantitative estimate of drug-likeness (QED) is 0.853. The summed E-state index contributed by atoms with van der Waals surface area (Å²) in [6, 6.07) is 0.228. The first-order valence-corrected chi connectivity index (χ1v) is 7.12. The van der Waals surface area contributed by atoms with Crippen LogP contribution in [-0.4, -0.2) is 30.5 Å². The van der Waals surface area contributed by atoms with Gasteiger partial charge in [-0.2, -0.15) is 0 Å². The second kappa shape index (κ2) is 5.14. The first kappa shape index (κ1) is 13.1. The Morgan fingerprint density at radius 2 is 2.33 bits per heavy atom. The molecule has 0 aliphatic heterocycles. The Hall–Kier alpha value is -1.30. The Kier molecular flexibility index (Phi) is 3.75. The molecule has 1 aromatic rings. The molecule has 1 heterocycles. The number of rotatable bonds is 5. The summed E-state index contributed by atoms with van der Waals surface area (Å²) in [6.07, 6.45) is 2.42. The summed E-state index contributed by atoms with van der Waals surface area (Å²) < 4.78 is 0. The summed E-state index contributed by atoms with van der Waals surface area (Å²) >= 11 is 1.35. The van der Waals surface area contributed by atoms with Crippen molar-refractivity contribution in [2.45, 2.75) is 32.7 Å². The van der Waals surface area contributed by atoms with Crippen molar-refractivity contribution < 1.29 is 4.79 Å². The van der Waals surface area contributed by atoms with Crippen molar-refractivity contribution in [1.29, 1.82) is 0 Å². The standard InChI is InChI=1S/C12H20N4OS/c1-4-16(3)12-15-10(13)9(18-12)11(17)14-7(2)8-5-6-8/h7-8H,4-6,13H2,1-3H3,(H,14,17). The van der Waals surface area contributed by atoms with Gasteiger partial charge in [-0.3, -0.25) is 4.79 Å². The molecule has 2 rings (SSSR count). The van der Waals surface area contributed by atoms with Gasteiger partial charge < -0.3 is 16.0 Å². The molecule has 0 spiro atoms. The zero-order valence-electron chi connectivity index (χ0n) is 11.1. The molecule has 0 saturated heterocycles. The number of carbonyl (C=O) groups is 1. The summed E-state index contributed by atoms with van der Waals surface area (Å²) in [7, 11) is 1.94. The molecule has 0 radical (unpaired) electrons. The lowest BCUT2D eigenvalue weighted by molar-refractivity contribution is 0.0940. The van der Waals surface area contributed by atoms with E-state index >= 15 is 0 Å². The molecule has 1 aliphatic carbocycles. The van der Waals surface area contributed by atoms with E-state index in [9.17, 15) is 4.79 Å². The number of thiazole rings is 1. The molecule has 3 N–H and O–H groups in total. The van der Waals surface area contributed by atoms with Gasteiger partial charge in [-0.15, -0.1) is 0 Å². The van der Waals surface area contributed by atoms with Crippen molar-refractivity contribution in [1.82, 2.24) is 10.3 Å². The Morgan fingerprint density at radius 3 is 2.89 bits per heavy atom. The maximum absolute atomic E-state index is 12.1. The predicted octanol–water partition coefficient (Wildman–Crippen LogP) is 1.71. The highest BCUT2D eigenvalue weighted by molar-refractivity contribution is 7.18. The third kappa shape index (κ3) is 2.75. The summed E-state index contributed by atoms with van der Waals surface area (Å²) in [5.41, 5.74) is 5.81. The van der Waals surface area contributed by atoms with Crippen LogP contribution < -0.4 is 16.0 Å². The number of amides is 1. The SMILES string of the molecule is CCN(C)c1nc(N)c(C(=O)NC(C)C2CC2)s1. The van der Waals surface area contributed by atoms with E-state index < -0.39 is 0 Å². The van der Waals surface area contributed by atoms with E-state index in [4.69, 9.17) is 5.73 Å². The normalized spacial score (nSPS) is 16.4. The third-order valence-corrected chi connectivity index (χ3v) is 4.52. The fourth-order valence-corrected chi connectivity index (χ4v) is 2.68. The maximum atomic E-state index is 12.1. The minimum atomic E-state index is -0.0971. The van der Waals surface area contributed by atoms with Crippen LogP contribution in [-0.2, 0) is 0 Å². The predicted molar refractivity (Wildman–Crippen MR) is 75.1 cm³/mol. The van der Waals surface area contributed by atoms with Gasteiger partial charge in [0.25, 0.3) is 5.91 Å². The lowest BCUT2D eigenvalue weighted by Gasteiger charge is -2.12. The third-order valence-electron chi connectivity index (χ3n) is 3.34. The van der Waals surface area contributed by atoms with Crippen LogP contribution >= 0.6 is 11.3 Å². The number of nitrogens with zero attached hydrogens (tertiary/aromatic N) is 2. The van der Waals surface area contributed by atoms with Gasteiger partial charge in [-0.1, -0.05) is 11.3 Å². The number of aromatic nitrogens is 1. The monoisotopic (exact) mass is 268 g/mol. The van der Waals surface area contributed by atoms with Gasteiger partial charge in [0.2, 0.25) is 0 Å². The fourth-order valence-electron chi connectivity index (χ4n) is 1.77. The van der Waals surface area contributed by atoms with Crippen LogP contribution in [0.3, 0.4) is 0 Å². The molecule has 0 bridgehead atoms. The van der Waals surface area contributed by atoms with E-state index in [1.807, 2.05) is 25.8 Å². The van der Waals surface area contributed by atoms with Gasteiger partial charge >= 0.3 is 0 Å². The molecule has 1 aromatic heterocycles. The molecule has 1 atom stereocenters. The summed E-state index contributed by atoms with van der Waals surface area (Å²) in [5.74, 6) is 0.872. The number of nitrogen functional groups attached to an aromatic ring is 1.